The van der Waals surface area contributed by atoms with Gasteiger partial charge in [-0.1, -0.05) is 0 Å². The molecule has 1 spiro atoms. The molecular formula is C16H21F3N4O4. The van der Waals surface area contributed by atoms with Gasteiger partial charge in [0.25, 0.3) is 0 Å². The highest BCUT2D eigenvalue weighted by Gasteiger charge is 2.54. The van der Waals surface area contributed by atoms with Crippen LogP contribution in [0.15, 0.2) is 6.20 Å². The van der Waals surface area contributed by atoms with Gasteiger partial charge in [0, 0.05) is 26.6 Å². The molecule has 0 aromatic carbocycles. The molecule has 0 bridgehead atoms. The van der Waals surface area contributed by atoms with Crippen LogP contribution in [0.4, 0.5) is 18.9 Å². The van der Waals surface area contributed by atoms with Crippen molar-refractivity contribution in [3.8, 4) is 0 Å². The number of carbonyl (C=O) groups excluding carboxylic acids is 1. The Balaban J connectivity index is 1.58. The predicted molar refractivity (Wildman–Crippen MR) is 86.9 cm³/mol. The van der Waals surface area contributed by atoms with Crippen molar-refractivity contribution in [1.82, 2.24) is 14.7 Å². The fourth-order valence-corrected chi connectivity index (χ4v) is 4.26. The van der Waals surface area contributed by atoms with E-state index in [0.29, 0.717) is 19.4 Å². The third kappa shape index (κ3) is 3.92. The maximum atomic E-state index is 12.9. The average molecular weight is 390 g/mol. The number of hydrogen-bond donors (Lipinski definition) is 0. The van der Waals surface area contributed by atoms with Crippen molar-refractivity contribution in [2.24, 2.45) is 5.41 Å². The molecule has 2 aliphatic rings. The van der Waals surface area contributed by atoms with Crippen molar-refractivity contribution in [1.29, 1.82) is 0 Å². The van der Waals surface area contributed by atoms with Crippen LogP contribution in [0.3, 0.4) is 0 Å². The van der Waals surface area contributed by atoms with Gasteiger partial charge in [-0.2, -0.15) is 18.3 Å². The molecule has 2 fully saturated rings. The molecule has 1 saturated heterocycles. The Labute approximate surface area is 153 Å². The second-order valence-electron chi connectivity index (χ2n) is 8.16. The maximum absolute atomic E-state index is 12.9. The molecule has 0 amide bonds. The fraction of sp³-hybridized carbons (Fsp3) is 0.750. The Hall–Kier alpha value is -2.17. The Kier molecular flexibility index (Phi) is 4.48. The Bertz CT molecular complexity index is 760. The molecule has 3 rings (SSSR count). The van der Waals surface area contributed by atoms with Crippen LogP contribution in [0.25, 0.3) is 0 Å². The minimum absolute atomic E-state index is 0.00387. The number of aromatic nitrogens is 2. The molecule has 1 aliphatic heterocycles. The first kappa shape index (κ1) is 19.6. The zero-order valence-electron chi connectivity index (χ0n) is 15.2. The van der Waals surface area contributed by atoms with E-state index >= 15 is 0 Å². The summed E-state index contributed by atoms with van der Waals surface area (Å²) in [5.74, 6) is -0.348. The van der Waals surface area contributed by atoms with Crippen LogP contribution >= 0.6 is 0 Å². The minimum Gasteiger partial charge on any atom is -0.458 e. The van der Waals surface area contributed by atoms with Gasteiger partial charge in [-0.15, -0.1) is 0 Å². The van der Waals surface area contributed by atoms with E-state index < -0.39 is 28.1 Å². The lowest BCUT2D eigenvalue weighted by molar-refractivity contribution is -0.388. The Morgan fingerprint density at radius 2 is 2.00 bits per heavy atom. The number of nitro groups is 1. The number of ether oxygens (including phenoxy) is 1. The van der Waals surface area contributed by atoms with Gasteiger partial charge in [-0.25, -0.2) is 0 Å². The smallest absolute Gasteiger partial charge is 0.442 e. The van der Waals surface area contributed by atoms with E-state index in [1.807, 2.05) is 13.8 Å². The monoisotopic (exact) mass is 390 g/mol. The van der Waals surface area contributed by atoms with E-state index in [1.54, 1.807) is 0 Å². The van der Waals surface area contributed by atoms with Gasteiger partial charge in [0.15, 0.2) is 0 Å². The summed E-state index contributed by atoms with van der Waals surface area (Å²) in [5, 5.41) is 14.3. The van der Waals surface area contributed by atoms with Crippen LogP contribution in [-0.4, -0.2) is 50.8 Å². The van der Waals surface area contributed by atoms with Gasteiger partial charge in [0.1, 0.15) is 11.8 Å². The van der Waals surface area contributed by atoms with Crippen LogP contribution in [0.1, 0.15) is 45.3 Å². The summed E-state index contributed by atoms with van der Waals surface area (Å²) in [7, 11) is 0. The number of likely N-dealkylation sites (tertiary alicyclic amines) is 1. The van der Waals surface area contributed by atoms with Crippen molar-refractivity contribution in [2.45, 2.75) is 51.4 Å². The summed E-state index contributed by atoms with van der Waals surface area (Å²) in [6.45, 7) is 7.08. The highest BCUT2D eigenvalue weighted by molar-refractivity contribution is 5.66. The molecule has 150 valence electrons. The maximum Gasteiger partial charge on any atom is 0.442 e. The van der Waals surface area contributed by atoms with Gasteiger partial charge >= 0.3 is 17.8 Å². The first-order valence-electron chi connectivity index (χ1n) is 8.53. The quantitative estimate of drug-likeness (QED) is 0.436. The number of hydrogen-bond acceptors (Lipinski definition) is 6. The van der Waals surface area contributed by atoms with Crippen molar-refractivity contribution < 1.29 is 27.6 Å². The number of nitrogens with zero attached hydrogens (tertiary/aromatic N) is 4. The molecule has 0 unspecified atom stereocenters. The topological polar surface area (TPSA) is 90.5 Å². The molecule has 2 heterocycles. The molecule has 8 nitrogen and oxygen atoms in total. The zero-order valence-corrected chi connectivity index (χ0v) is 15.2. The summed E-state index contributed by atoms with van der Waals surface area (Å²) < 4.78 is 45.1. The number of esters is 1. The van der Waals surface area contributed by atoms with Crippen molar-refractivity contribution >= 4 is 11.7 Å². The number of carbonyl (C=O) groups is 1. The second kappa shape index (κ2) is 6.18. The second-order valence-corrected chi connectivity index (χ2v) is 8.16. The third-order valence-corrected chi connectivity index (χ3v) is 5.03. The van der Waals surface area contributed by atoms with Crippen LogP contribution in [0, 0.1) is 15.5 Å². The molecule has 0 N–H and O–H groups in total. The molecule has 1 aromatic heterocycles. The number of alkyl halides is 3. The van der Waals surface area contributed by atoms with E-state index in [4.69, 9.17) is 4.74 Å². The molecule has 1 aromatic rings. The first-order valence-corrected chi connectivity index (χ1v) is 8.53. The summed E-state index contributed by atoms with van der Waals surface area (Å²) in [6, 6.07) is -0.275. The summed E-state index contributed by atoms with van der Waals surface area (Å²) in [5.41, 5.74) is -3.08. The van der Waals surface area contributed by atoms with Gasteiger partial charge in [0.05, 0.1) is 11.0 Å². The first-order chi connectivity index (χ1) is 12.3. The Morgan fingerprint density at radius 1 is 1.41 bits per heavy atom. The third-order valence-electron chi connectivity index (χ3n) is 5.03. The minimum atomic E-state index is -4.86. The van der Waals surface area contributed by atoms with Gasteiger partial charge in [-0.05, 0) is 32.1 Å². The number of halogens is 3. The molecule has 0 radical (unpaired) electrons. The molecule has 11 heteroatoms. The standard InChI is InChI=1S/C16H21F3N4O4/c1-10(24)27-14(2,3)7-21-8-15(9-21)4-11(5-15)22-6-12(23(25)26)13(20-22)16(17,18)19/h6,11H,4-5,7-9H2,1-3H3. The highest BCUT2D eigenvalue weighted by atomic mass is 19.4. The lowest BCUT2D eigenvalue weighted by Gasteiger charge is -2.59. The predicted octanol–water partition coefficient (Wildman–Crippen LogP) is 2.79. The largest absolute Gasteiger partial charge is 0.458 e. The molecule has 0 atom stereocenters. The zero-order chi connectivity index (χ0) is 20.2. The van der Waals surface area contributed by atoms with E-state index in [1.165, 1.54) is 6.92 Å². The summed E-state index contributed by atoms with van der Waals surface area (Å²) in [6.07, 6.45) is -2.74. The van der Waals surface area contributed by atoms with Crippen LogP contribution in [-0.2, 0) is 15.7 Å². The van der Waals surface area contributed by atoms with E-state index in [-0.39, 0.29) is 17.4 Å². The molecule has 1 aliphatic carbocycles. The fourth-order valence-electron chi connectivity index (χ4n) is 4.26. The molecule has 1 saturated carbocycles. The normalized spacial score (nSPS) is 20.2. The van der Waals surface area contributed by atoms with Gasteiger partial charge in [-0.3, -0.25) is 24.5 Å². The average Bonchev–Trinajstić information content (AvgIpc) is 2.83. The van der Waals surface area contributed by atoms with E-state index in [2.05, 4.69) is 10.00 Å². The Morgan fingerprint density at radius 3 is 2.44 bits per heavy atom. The van der Waals surface area contributed by atoms with E-state index in [9.17, 15) is 28.1 Å². The van der Waals surface area contributed by atoms with Gasteiger partial charge in [0.2, 0.25) is 5.69 Å². The summed E-state index contributed by atoms with van der Waals surface area (Å²) in [4.78, 5) is 23.1. The number of rotatable bonds is 5. The van der Waals surface area contributed by atoms with Gasteiger partial charge < -0.3 is 4.74 Å². The highest BCUT2D eigenvalue weighted by Crippen LogP contribution is 2.54. The SMILES string of the molecule is CC(=O)OC(C)(C)CN1CC2(CC(n3cc([N+](=O)[O-])c(C(F)(F)F)n3)C2)C1. The molecule has 27 heavy (non-hydrogen) atoms. The van der Waals surface area contributed by atoms with Crippen LogP contribution in [0.2, 0.25) is 0 Å². The van der Waals surface area contributed by atoms with Crippen molar-refractivity contribution in [2.75, 3.05) is 19.6 Å². The lowest BCUT2D eigenvalue weighted by atomic mass is 9.60. The van der Waals surface area contributed by atoms with E-state index in [0.717, 1.165) is 24.0 Å². The van der Waals surface area contributed by atoms with Crippen molar-refractivity contribution in [3.63, 3.8) is 0 Å². The van der Waals surface area contributed by atoms with Crippen LogP contribution in [0.5, 0.6) is 0 Å². The van der Waals surface area contributed by atoms with Crippen LogP contribution < -0.4 is 0 Å². The van der Waals surface area contributed by atoms with Crippen molar-refractivity contribution in [3.05, 3.63) is 22.0 Å². The summed E-state index contributed by atoms with van der Waals surface area (Å²) >= 11 is 0. The molecular weight excluding hydrogens is 369 g/mol. The lowest BCUT2D eigenvalue weighted by Crippen LogP contribution is -2.64.